The van der Waals surface area contributed by atoms with Crippen molar-refractivity contribution >= 4 is 17.7 Å². The summed E-state index contributed by atoms with van der Waals surface area (Å²) in [6.07, 6.45) is 4.09. The molecular formula is C15H24N2O3S. The van der Waals surface area contributed by atoms with Crippen LogP contribution in [-0.2, 0) is 22.5 Å². The lowest BCUT2D eigenvalue weighted by Crippen LogP contribution is -2.33. The SMILES string of the molecule is CSc1ncc(CC(C)C)c(=O)n1CC(=O)OC(C)(C)C. The minimum absolute atomic E-state index is 0.106. The van der Waals surface area contributed by atoms with Gasteiger partial charge in [-0.2, -0.15) is 0 Å². The van der Waals surface area contributed by atoms with Crippen LogP contribution in [-0.4, -0.2) is 27.4 Å². The van der Waals surface area contributed by atoms with E-state index in [1.165, 1.54) is 16.3 Å². The number of carbonyl (C=O) groups is 1. The summed E-state index contributed by atoms with van der Waals surface area (Å²) >= 11 is 1.34. The van der Waals surface area contributed by atoms with E-state index in [4.69, 9.17) is 4.74 Å². The lowest BCUT2D eigenvalue weighted by molar-refractivity contribution is -0.155. The Morgan fingerprint density at radius 2 is 2.05 bits per heavy atom. The van der Waals surface area contributed by atoms with Crippen molar-refractivity contribution in [2.75, 3.05) is 6.26 Å². The summed E-state index contributed by atoms with van der Waals surface area (Å²) in [5, 5.41) is 0.526. The van der Waals surface area contributed by atoms with Gasteiger partial charge in [-0.05, 0) is 39.4 Å². The van der Waals surface area contributed by atoms with Gasteiger partial charge in [-0.15, -0.1) is 0 Å². The molecule has 1 aromatic rings. The number of carbonyl (C=O) groups excluding carboxylic acids is 1. The Labute approximate surface area is 130 Å². The number of esters is 1. The zero-order chi connectivity index (χ0) is 16.2. The summed E-state index contributed by atoms with van der Waals surface area (Å²) in [5.41, 5.74) is -0.0938. The number of ether oxygens (including phenoxy) is 1. The maximum Gasteiger partial charge on any atom is 0.326 e. The molecule has 0 N–H and O–H groups in total. The number of thioether (sulfide) groups is 1. The Bertz CT molecular complexity index is 559. The molecule has 1 rings (SSSR count). The van der Waals surface area contributed by atoms with E-state index in [1.807, 2.05) is 20.1 Å². The van der Waals surface area contributed by atoms with Crippen molar-refractivity contribution < 1.29 is 9.53 Å². The van der Waals surface area contributed by atoms with Crippen molar-refractivity contribution in [1.82, 2.24) is 9.55 Å². The Balaban J connectivity index is 3.09. The van der Waals surface area contributed by atoms with Gasteiger partial charge in [0.05, 0.1) is 0 Å². The average molecular weight is 312 g/mol. The van der Waals surface area contributed by atoms with Crippen molar-refractivity contribution in [3.8, 4) is 0 Å². The van der Waals surface area contributed by atoms with Gasteiger partial charge in [0.2, 0.25) is 0 Å². The van der Waals surface area contributed by atoms with Crippen LogP contribution in [0.4, 0.5) is 0 Å². The summed E-state index contributed by atoms with van der Waals surface area (Å²) in [5.74, 6) is -0.0713. The molecule has 0 amide bonds. The average Bonchev–Trinajstić information content (AvgIpc) is 2.31. The number of rotatable bonds is 5. The van der Waals surface area contributed by atoms with Gasteiger partial charge in [0.1, 0.15) is 12.1 Å². The van der Waals surface area contributed by atoms with E-state index in [9.17, 15) is 9.59 Å². The van der Waals surface area contributed by atoms with Crippen molar-refractivity contribution in [2.24, 2.45) is 5.92 Å². The van der Waals surface area contributed by atoms with Crippen LogP contribution in [0, 0.1) is 5.92 Å². The van der Waals surface area contributed by atoms with Crippen LogP contribution in [0.15, 0.2) is 16.1 Å². The van der Waals surface area contributed by atoms with E-state index < -0.39 is 11.6 Å². The first kappa shape index (κ1) is 17.8. The van der Waals surface area contributed by atoms with Crippen molar-refractivity contribution in [2.45, 2.75) is 58.3 Å². The molecule has 118 valence electrons. The predicted octanol–water partition coefficient (Wildman–Crippen LogP) is 2.51. The fourth-order valence-electron chi connectivity index (χ4n) is 1.90. The Kier molecular flexibility index (Phi) is 6.01. The Hall–Kier alpha value is -1.30. The van der Waals surface area contributed by atoms with Crippen LogP contribution in [0.1, 0.15) is 40.2 Å². The van der Waals surface area contributed by atoms with Gasteiger partial charge in [0.25, 0.3) is 5.56 Å². The Morgan fingerprint density at radius 3 is 2.52 bits per heavy atom. The van der Waals surface area contributed by atoms with Crippen LogP contribution in [0.25, 0.3) is 0 Å². The quantitative estimate of drug-likeness (QED) is 0.475. The first-order valence-electron chi connectivity index (χ1n) is 6.98. The standard InChI is InChI=1S/C15H24N2O3S/c1-10(2)7-11-8-16-14(21-6)17(13(11)19)9-12(18)20-15(3,4)5/h8,10H,7,9H2,1-6H3. The summed E-state index contributed by atoms with van der Waals surface area (Å²) < 4.78 is 6.68. The molecule has 0 aliphatic rings. The van der Waals surface area contributed by atoms with E-state index in [1.54, 1.807) is 27.0 Å². The topological polar surface area (TPSA) is 61.2 Å². The number of nitrogens with zero attached hydrogens (tertiary/aromatic N) is 2. The number of aromatic nitrogens is 2. The molecule has 0 saturated heterocycles. The van der Waals surface area contributed by atoms with Gasteiger partial charge in [0, 0.05) is 11.8 Å². The van der Waals surface area contributed by atoms with Crippen molar-refractivity contribution in [3.63, 3.8) is 0 Å². The third-order valence-electron chi connectivity index (χ3n) is 2.60. The van der Waals surface area contributed by atoms with Crippen LogP contribution in [0.2, 0.25) is 0 Å². The second kappa shape index (κ2) is 7.11. The second-order valence-corrected chi connectivity index (χ2v) is 7.12. The molecule has 5 nitrogen and oxygen atoms in total. The summed E-state index contributed by atoms with van der Waals surface area (Å²) in [6, 6.07) is 0. The highest BCUT2D eigenvalue weighted by Crippen LogP contribution is 2.13. The minimum atomic E-state index is -0.566. The van der Waals surface area contributed by atoms with E-state index in [-0.39, 0.29) is 12.1 Å². The van der Waals surface area contributed by atoms with Gasteiger partial charge in [-0.3, -0.25) is 14.2 Å². The predicted molar refractivity (Wildman–Crippen MR) is 84.7 cm³/mol. The fraction of sp³-hybridized carbons (Fsp3) is 0.667. The number of hydrogen-bond acceptors (Lipinski definition) is 5. The first-order valence-corrected chi connectivity index (χ1v) is 8.21. The normalized spacial score (nSPS) is 11.8. The zero-order valence-electron chi connectivity index (χ0n) is 13.6. The highest BCUT2D eigenvalue weighted by molar-refractivity contribution is 7.98. The van der Waals surface area contributed by atoms with Crippen molar-refractivity contribution in [3.05, 3.63) is 22.1 Å². The highest BCUT2D eigenvalue weighted by atomic mass is 32.2. The third kappa shape index (κ3) is 5.53. The third-order valence-corrected chi connectivity index (χ3v) is 3.29. The lowest BCUT2D eigenvalue weighted by atomic mass is 10.1. The second-order valence-electron chi connectivity index (χ2n) is 6.35. The molecule has 0 saturated carbocycles. The molecular weight excluding hydrogens is 288 g/mol. The molecule has 0 fully saturated rings. The zero-order valence-corrected chi connectivity index (χ0v) is 14.4. The van der Waals surface area contributed by atoms with Crippen LogP contribution < -0.4 is 5.56 Å². The maximum absolute atomic E-state index is 12.5. The van der Waals surface area contributed by atoms with Gasteiger partial charge in [-0.1, -0.05) is 25.6 Å². The van der Waals surface area contributed by atoms with Gasteiger partial charge >= 0.3 is 5.97 Å². The highest BCUT2D eigenvalue weighted by Gasteiger charge is 2.19. The Morgan fingerprint density at radius 1 is 1.43 bits per heavy atom. The largest absolute Gasteiger partial charge is 0.459 e. The van der Waals surface area contributed by atoms with Crippen molar-refractivity contribution in [1.29, 1.82) is 0 Å². The molecule has 1 aromatic heterocycles. The van der Waals surface area contributed by atoms with Crippen LogP contribution in [0.3, 0.4) is 0 Å². The molecule has 0 radical (unpaired) electrons. The molecule has 21 heavy (non-hydrogen) atoms. The summed E-state index contributed by atoms with van der Waals surface area (Å²) in [7, 11) is 0. The molecule has 0 aliphatic carbocycles. The molecule has 0 aromatic carbocycles. The maximum atomic E-state index is 12.5. The number of hydrogen-bond donors (Lipinski definition) is 0. The molecule has 0 aliphatic heterocycles. The molecule has 0 atom stereocenters. The monoisotopic (exact) mass is 312 g/mol. The van der Waals surface area contributed by atoms with E-state index >= 15 is 0 Å². The fourth-order valence-corrected chi connectivity index (χ4v) is 2.43. The molecule has 1 heterocycles. The van der Waals surface area contributed by atoms with Gasteiger partial charge in [0.15, 0.2) is 5.16 Å². The first-order chi connectivity index (χ1) is 9.64. The molecule has 0 unspecified atom stereocenters. The van der Waals surface area contributed by atoms with E-state index in [0.29, 0.717) is 23.1 Å². The van der Waals surface area contributed by atoms with E-state index in [0.717, 1.165) is 0 Å². The van der Waals surface area contributed by atoms with Gasteiger partial charge < -0.3 is 4.74 Å². The molecule has 0 spiro atoms. The molecule has 0 bridgehead atoms. The lowest BCUT2D eigenvalue weighted by Gasteiger charge is -2.20. The molecule has 6 heteroatoms. The van der Waals surface area contributed by atoms with Crippen LogP contribution >= 0.6 is 11.8 Å². The summed E-state index contributed by atoms with van der Waals surface area (Å²) in [6.45, 7) is 9.38. The summed E-state index contributed by atoms with van der Waals surface area (Å²) in [4.78, 5) is 28.7. The van der Waals surface area contributed by atoms with Crippen LogP contribution in [0.5, 0.6) is 0 Å². The van der Waals surface area contributed by atoms with E-state index in [2.05, 4.69) is 4.98 Å². The van der Waals surface area contributed by atoms with Gasteiger partial charge in [-0.25, -0.2) is 4.98 Å². The smallest absolute Gasteiger partial charge is 0.326 e. The minimum Gasteiger partial charge on any atom is -0.459 e.